The molecule has 1 saturated heterocycles. The van der Waals surface area contributed by atoms with E-state index in [1.54, 1.807) is 12.1 Å². The van der Waals surface area contributed by atoms with Crippen LogP contribution in [0.4, 0.5) is 4.39 Å². The van der Waals surface area contributed by atoms with Crippen molar-refractivity contribution in [1.82, 2.24) is 20.0 Å². The van der Waals surface area contributed by atoms with Crippen molar-refractivity contribution in [3.8, 4) is 5.69 Å². The Morgan fingerprint density at radius 1 is 1.20 bits per heavy atom. The highest BCUT2D eigenvalue weighted by atomic mass is 19.1. The van der Waals surface area contributed by atoms with Crippen LogP contribution in [0, 0.1) is 11.7 Å². The van der Waals surface area contributed by atoms with E-state index in [-0.39, 0.29) is 11.7 Å². The normalized spacial score (nSPS) is 17.9. The van der Waals surface area contributed by atoms with E-state index in [4.69, 9.17) is 4.74 Å². The number of benzene rings is 1. The average Bonchev–Trinajstić information content (AvgIpc) is 3.35. The van der Waals surface area contributed by atoms with Gasteiger partial charge in [-0.25, -0.2) is 9.07 Å². The molecular formula is C23H31FN4O2. The van der Waals surface area contributed by atoms with Crippen LogP contribution in [0.1, 0.15) is 48.4 Å². The summed E-state index contributed by atoms with van der Waals surface area (Å²) in [6.45, 7) is 8.34. The zero-order valence-corrected chi connectivity index (χ0v) is 17.9. The van der Waals surface area contributed by atoms with E-state index in [1.807, 2.05) is 4.68 Å². The third-order valence-electron chi connectivity index (χ3n) is 6.02. The van der Waals surface area contributed by atoms with Crippen LogP contribution in [-0.4, -0.2) is 59.5 Å². The molecule has 1 fully saturated rings. The summed E-state index contributed by atoms with van der Waals surface area (Å²) in [4.78, 5) is 15.5. The van der Waals surface area contributed by atoms with Gasteiger partial charge in [-0.2, -0.15) is 5.10 Å². The molecule has 1 aromatic carbocycles. The second kappa shape index (κ2) is 9.27. The summed E-state index contributed by atoms with van der Waals surface area (Å²) >= 11 is 0. The molecule has 162 valence electrons. The Balaban J connectivity index is 1.50. The number of halogens is 1. The average molecular weight is 415 g/mol. The first-order chi connectivity index (χ1) is 14.5. The van der Waals surface area contributed by atoms with Crippen molar-refractivity contribution in [2.45, 2.75) is 45.6 Å². The molecule has 2 aliphatic rings. The predicted octanol–water partition coefficient (Wildman–Crippen LogP) is 2.98. The molecule has 2 heterocycles. The van der Waals surface area contributed by atoms with Gasteiger partial charge in [0, 0.05) is 36.9 Å². The number of fused-ring (bicyclic) bond motifs is 1. The van der Waals surface area contributed by atoms with Crippen LogP contribution in [0.25, 0.3) is 5.69 Å². The first-order valence-electron chi connectivity index (χ1n) is 11.0. The number of carbonyl (C=O) groups excluding carboxylic acids is 1. The quantitative estimate of drug-likeness (QED) is 0.757. The Morgan fingerprint density at radius 2 is 1.93 bits per heavy atom. The van der Waals surface area contributed by atoms with Gasteiger partial charge in [-0.15, -0.1) is 0 Å². The highest BCUT2D eigenvalue weighted by Crippen LogP contribution is 2.28. The third kappa shape index (κ3) is 4.57. The number of nitrogens with zero attached hydrogens (tertiary/aromatic N) is 3. The van der Waals surface area contributed by atoms with Gasteiger partial charge < -0.3 is 10.1 Å². The Hall–Kier alpha value is -2.25. The summed E-state index contributed by atoms with van der Waals surface area (Å²) in [5.41, 5.74) is 3.40. The summed E-state index contributed by atoms with van der Waals surface area (Å²) in [5, 5.41) is 7.78. The van der Waals surface area contributed by atoms with Crippen molar-refractivity contribution in [2.24, 2.45) is 5.92 Å². The van der Waals surface area contributed by atoms with Gasteiger partial charge in [-0.05, 0) is 55.9 Å². The molecule has 30 heavy (non-hydrogen) atoms. The Bertz CT molecular complexity index is 872. The van der Waals surface area contributed by atoms with E-state index < -0.39 is 0 Å². The van der Waals surface area contributed by atoms with Crippen LogP contribution >= 0.6 is 0 Å². The molecule has 0 saturated carbocycles. The number of morpholine rings is 1. The maximum Gasteiger partial charge on any atom is 0.272 e. The van der Waals surface area contributed by atoms with Crippen LogP contribution in [0.15, 0.2) is 24.3 Å². The van der Waals surface area contributed by atoms with Gasteiger partial charge in [0.25, 0.3) is 5.91 Å². The summed E-state index contributed by atoms with van der Waals surface area (Å²) in [5.74, 6) is 0.160. The predicted molar refractivity (Wildman–Crippen MR) is 114 cm³/mol. The molecule has 7 heteroatoms. The molecule has 1 aromatic heterocycles. The monoisotopic (exact) mass is 414 g/mol. The van der Waals surface area contributed by atoms with Crippen molar-refractivity contribution in [3.05, 3.63) is 47.0 Å². The van der Waals surface area contributed by atoms with E-state index >= 15 is 0 Å². The minimum Gasteiger partial charge on any atom is -0.379 e. The Labute approximate surface area is 177 Å². The molecule has 2 aromatic rings. The smallest absolute Gasteiger partial charge is 0.272 e. The van der Waals surface area contributed by atoms with Crippen LogP contribution < -0.4 is 5.32 Å². The van der Waals surface area contributed by atoms with E-state index in [9.17, 15) is 9.18 Å². The van der Waals surface area contributed by atoms with E-state index in [0.717, 1.165) is 68.9 Å². The van der Waals surface area contributed by atoms with Crippen LogP contribution in [-0.2, 0) is 17.6 Å². The zero-order chi connectivity index (χ0) is 21.1. The molecule has 0 bridgehead atoms. The molecule has 0 radical (unpaired) electrons. The minimum atomic E-state index is -0.278. The van der Waals surface area contributed by atoms with E-state index in [1.165, 1.54) is 12.1 Å². The summed E-state index contributed by atoms with van der Waals surface area (Å²) in [7, 11) is 0. The molecule has 1 aliphatic heterocycles. The lowest BCUT2D eigenvalue weighted by Crippen LogP contribution is -2.49. The number of rotatable bonds is 7. The van der Waals surface area contributed by atoms with E-state index in [0.29, 0.717) is 24.2 Å². The number of amides is 1. The second-order valence-corrected chi connectivity index (χ2v) is 8.66. The third-order valence-corrected chi connectivity index (χ3v) is 6.02. The number of hydrogen-bond acceptors (Lipinski definition) is 4. The van der Waals surface area contributed by atoms with Gasteiger partial charge >= 0.3 is 0 Å². The number of carbonyl (C=O) groups is 1. The molecule has 6 nitrogen and oxygen atoms in total. The minimum absolute atomic E-state index is 0.115. The van der Waals surface area contributed by atoms with Gasteiger partial charge in [-0.1, -0.05) is 13.8 Å². The topological polar surface area (TPSA) is 59.4 Å². The lowest BCUT2D eigenvalue weighted by molar-refractivity contribution is 0.0124. The Kier molecular flexibility index (Phi) is 6.49. The number of hydrogen-bond donors (Lipinski definition) is 1. The fourth-order valence-electron chi connectivity index (χ4n) is 4.56. The van der Waals surface area contributed by atoms with Crippen LogP contribution in [0.3, 0.4) is 0 Å². The molecule has 0 unspecified atom stereocenters. The molecule has 4 rings (SSSR count). The van der Waals surface area contributed by atoms with Crippen molar-refractivity contribution >= 4 is 5.91 Å². The van der Waals surface area contributed by atoms with Crippen molar-refractivity contribution in [3.63, 3.8) is 0 Å². The fourth-order valence-corrected chi connectivity index (χ4v) is 4.56. The lowest BCUT2D eigenvalue weighted by atomic mass is 10.0. The van der Waals surface area contributed by atoms with Crippen molar-refractivity contribution < 1.29 is 13.9 Å². The van der Waals surface area contributed by atoms with Gasteiger partial charge in [-0.3, -0.25) is 9.69 Å². The van der Waals surface area contributed by atoms with Gasteiger partial charge in [0.2, 0.25) is 0 Å². The highest BCUT2D eigenvalue weighted by molar-refractivity contribution is 5.94. The molecule has 1 aliphatic carbocycles. The van der Waals surface area contributed by atoms with Gasteiger partial charge in [0.05, 0.1) is 18.9 Å². The molecule has 1 amide bonds. The lowest BCUT2D eigenvalue weighted by Gasteiger charge is -2.35. The molecule has 0 spiro atoms. The summed E-state index contributed by atoms with van der Waals surface area (Å²) < 4.78 is 20.6. The zero-order valence-electron chi connectivity index (χ0n) is 17.9. The first-order valence-corrected chi connectivity index (χ1v) is 11.0. The summed E-state index contributed by atoms with van der Waals surface area (Å²) in [6, 6.07) is 6.57. The van der Waals surface area contributed by atoms with Gasteiger partial charge in [0.15, 0.2) is 5.69 Å². The maximum atomic E-state index is 13.3. The van der Waals surface area contributed by atoms with Gasteiger partial charge in [0.1, 0.15) is 5.82 Å². The maximum absolute atomic E-state index is 13.3. The van der Waals surface area contributed by atoms with E-state index in [2.05, 4.69) is 29.2 Å². The molecule has 1 N–H and O–H groups in total. The number of ether oxygens (including phenoxy) is 1. The highest BCUT2D eigenvalue weighted by Gasteiger charge is 2.28. The number of aromatic nitrogens is 2. The SMILES string of the molecule is CC(C)C[C@H](CNC(=O)c1nn(-c2ccc(F)cc2)c2c1CCC2)N1CCOCC1. The Morgan fingerprint density at radius 3 is 2.63 bits per heavy atom. The fraction of sp³-hybridized carbons (Fsp3) is 0.565. The van der Waals surface area contributed by atoms with Crippen molar-refractivity contribution in [1.29, 1.82) is 0 Å². The van der Waals surface area contributed by atoms with Crippen molar-refractivity contribution in [2.75, 3.05) is 32.8 Å². The van der Waals surface area contributed by atoms with Crippen LogP contribution in [0.2, 0.25) is 0 Å². The van der Waals surface area contributed by atoms with Crippen LogP contribution in [0.5, 0.6) is 0 Å². The molecule has 1 atom stereocenters. The first kappa shape index (κ1) is 21.0. The second-order valence-electron chi connectivity index (χ2n) is 8.66. The standard InChI is InChI=1S/C23H31FN4O2/c1-16(2)14-19(27-10-12-30-13-11-27)15-25-23(29)22-20-4-3-5-21(20)28(26-22)18-8-6-17(24)7-9-18/h6-9,16,19H,3-5,10-15H2,1-2H3,(H,25,29)/t19-/m1/s1. The molecular weight excluding hydrogens is 383 g/mol. The number of nitrogens with one attached hydrogen (secondary N) is 1. The largest absolute Gasteiger partial charge is 0.379 e. The summed E-state index contributed by atoms with van der Waals surface area (Å²) in [6.07, 6.45) is 3.79.